The van der Waals surface area contributed by atoms with Crippen LogP contribution in [0.3, 0.4) is 0 Å². The zero-order chi connectivity index (χ0) is 11.4. The summed E-state index contributed by atoms with van der Waals surface area (Å²) in [4.78, 5) is 0. The molecule has 0 saturated heterocycles. The number of hydrogen-bond acceptors (Lipinski definition) is 1. The molecule has 0 heterocycles. The van der Waals surface area contributed by atoms with Gasteiger partial charge in [0.1, 0.15) is 5.82 Å². The minimum absolute atomic E-state index is 0.317. The van der Waals surface area contributed by atoms with Crippen molar-refractivity contribution in [3.8, 4) is 0 Å². The molecule has 3 heteroatoms. The van der Waals surface area contributed by atoms with E-state index in [1.165, 1.54) is 12.1 Å². The van der Waals surface area contributed by atoms with Crippen molar-refractivity contribution in [2.45, 2.75) is 32.8 Å². The van der Waals surface area contributed by atoms with Crippen molar-refractivity contribution in [1.29, 1.82) is 0 Å². The van der Waals surface area contributed by atoms with Gasteiger partial charge in [0.15, 0.2) is 0 Å². The number of rotatable bonds is 4. The van der Waals surface area contributed by atoms with E-state index in [1.807, 2.05) is 0 Å². The fraction of sp³-hybridized carbons (Fsp3) is 0.500. The van der Waals surface area contributed by atoms with Crippen molar-refractivity contribution in [2.24, 2.45) is 5.92 Å². The maximum atomic E-state index is 13.1. The molecule has 0 aliphatic rings. The summed E-state index contributed by atoms with van der Waals surface area (Å²) in [6, 6.07) is 4.54. The Hall–Kier alpha value is -0.410. The maximum absolute atomic E-state index is 13.1. The van der Waals surface area contributed by atoms with Gasteiger partial charge in [0, 0.05) is 4.47 Å². The molecule has 0 fully saturated rings. The van der Waals surface area contributed by atoms with Crippen LogP contribution in [0, 0.1) is 11.7 Å². The van der Waals surface area contributed by atoms with Crippen molar-refractivity contribution in [1.82, 2.24) is 0 Å². The predicted octanol–water partition coefficient (Wildman–Crippen LogP) is 4.06. The van der Waals surface area contributed by atoms with Crippen LogP contribution in [0.25, 0.3) is 0 Å². The first-order valence-corrected chi connectivity index (χ1v) is 5.96. The predicted molar refractivity (Wildman–Crippen MR) is 63.1 cm³/mol. The molecule has 0 amide bonds. The average Bonchev–Trinajstić information content (AvgIpc) is 2.16. The van der Waals surface area contributed by atoms with E-state index in [9.17, 15) is 9.50 Å². The van der Waals surface area contributed by atoms with Gasteiger partial charge in [0.25, 0.3) is 0 Å². The Morgan fingerprint density at radius 2 is 2.07 bits per heavy atom. The second-order valence-corrected chi connectivity index (χ2v) is 4.88. The number of aliphatic hydroxyl groups excluding tert-OH is 1. The highest BCUT2D eigenvalue weighted by atomic mass is 79.9. The van der Waals surface area contributed by atoms with Gasteiger partial charge in [-0.15, -0.1) is 0 Å². The van der Waals surface area contributed by atoms with E-state index in [2.05, 4.69) is 29.8 Å². The van der Waals surface area contributed by atoms with Crippen LogP contribution >= 0.6 is 15.9 Å². The number of hydrogen-bond donors (Lipinski definition) is 1. The molecular formula is C12H16BrFO. The average molecular weight is 275 g/mol. The van der Waals surface area contributed by atoms with Crippen LogP contribution in [0.1, 0.15) is 38.4 Å². The molecule has 2 atom stereocenters. The van der Waals surface area contributed by atoms with Gasteiger partial charge >= 0.3 is 0 Å². The summed E-state index contributed by atoms with van der Waals surface area (Å²) in [5.41, 5.74) is 0.641. The van der Waals surface area contributed by atoms with Gasteiger partial charge in [0.05, 0.1) is 6.10 Å². The standard InChI is InChI=1S/C12H16BrFO/c1-3-8(2)4-12(15)9-5-10(13)7-11(14)6-9/h5-8,12,15H,3-4H2,1-2H3. The maximum Gasteiger partial charge on any atom is 0.124 e. The summed E-state index contributed by atoms with van der Waals surface area (Å²) >= 11 is 3.21. The van der Waals surface area contributed by atoms with E-state index in [0.29, 0.717) is 22.4 Å². The van der Waals surface area contributed by atoms with E-state index in [0.717, 1.165) is 6.42 Å². The molecular weight excluding hydrogens is 259 g/mol. The SMILES string of the molecule is CCC(C)CC(O)c1cc(F)cc(Br)c1. The van der Waals surface area contributed by atoms with Crippen LogP contribution in [0.4, 0.5) is 4.39 Å². The lowest BCUT2D eigenvalue weighted by Gasteiger charge is -2.15. The van der Waals surface area contributed by atoms with E-state index >= 15 is 0 Å². The normalized spacial score (nSPS) is 15.0. The molecule has 0 saturated carbocycles. The third-order valence-corrected chi connectivity index (χ3v) is 3.05. The van der Waals surface area contributed by atoms with Crippen molar-refractivity contribution < 1.29 is 9.50 Å². The van der Waals surface area contributed by atoms with E-state index in [1.54, 1.807) is 6.07 Å². The van der Waals surface area contributed by atoms with Crippen molar-refractivity contribution in [3.63, 3.8) is 0 Å². The first-order valence-electron chi connectivity index (χ1n) is 5.17. The molecule has 0 aliphatic carbocycles. The lowest BCUT2D eigenvalue weighted by atomic mass is 9.96. The van der Waals surface area contributed by atoms with Crippen molar-refractivity contribution in [3.05, 3.63) is 34.1 Å². The highest BCUT2D eigenvalue weighted by Crippen LogP contribution is 2.25. The molecule has 1 aromatic carbocycles. The zero-order valence-corrected chi connectivity index (χ0v) is 10.6. The molecule has 2 unspecified atom stereocenters. The van der Waals surface area contributed by atoms with Crippen LogP contribution in [0.2, 0.25) is 0 Å². The van der Waals surface area contributed by atoms with Crippen LogP contribution < -0.4 is 0 Å². The fourth-order valence-electron chi connectivity index (χ4n) is 1.45. The first kappa shape index (κ1) is 12.7. The summed E-state index contributed by atoms with van der Waals surface area (Å²) < 4.78 is 13.7. The molecule has 1 aromatic rings. The number of halogens is 2. The highest BCUT2D eigenvalue weighted by Gasteiger charge is 2.12. The molecule has 15 heavy (non-hydrogen) atoms. The van der Waals surface area contributed by atoms with E-state index < -0.39 is 6.10 Å². The monoisotopic (exact) mass is 274 g/mol. The zero-order valence-electron chi connectivity index (χ0n) is 9.00. The summed E-state index contributed by atoms with van der Waals surface area (Å²) in [6.45, 7) is 4.16. The summed E-state index contributed by atoms with van der Waals surface area (Å²) in [7, 11) is 0. The van der Waals surface area contributed by atoms with Gasteiger partial charge in [-0.05, 0) is 36.1 Å². The minimum atomic E-state index is -0.577. The van der Waals surface area contributed by atoms with Gasteiger partial charge in [-0.3, -0.25) is 0 Å². The molecule has 0 spiro atoms. The number of aliphatic hydroxyl groups is 1. The van der Waals surface area contributed by atoms with Gasteiger partial charge in [0.2, 0.25) is 0 Å². The van der Waals surface area contributed by atoms with Crippen LogP contribution in [0.15, 0.2) is 22.7 Å². The van der Waals surface area contributed by atoms with Crippen molar-refractivity contribution >= 4 is 15.9 Å². The fourth-order valence-corrected chi connectivity index (χ4v) is 1.93. The Balaban J connectivity index is 2.77. The Bertz CT molecular complexity index is 307. The topological polar surface area (TPSA) is 20.2 Å². The highest BCUT2D eigenvalue weighted by molar-refractivity contribution is 9.10. The molecule has 84 valence electrons. The van der Waals surface area contributed by atoms with E-state index in [4.69, 9.17) is 0 Å². The van der Waals surface area contributed by atoms with Gasteiger partial charge < -0.3 is 5.11 Å². The van der Waals surface area contributed by atoms with Gasteiger partial charge in [-0.25, -0.2) is 4.39 Å². The van der Waals surface area contributed by atoms with Crippen LogP contribution in [-0.4, -0.2) is 5.11 Å². The van der Waals surface area contributed by atoms with E-state index in [-0.39, 0.29) is 5.82 Å². The van der Waals surface area contributed by atoms with Crippen LogP contribution in [-0.2, 0) is 0 Å². The quantitative estimate of drug-likeness (QED) is 0.878. The molecule has 1 N–H and O–H groups in total. The molecule has 0 aliphatic heterocycles. The van der Waals surface area contributed by atoms with Crippen LogP contribution in [0.5, 0.6) is 0 Å². The molecule has 1 nitrogen and oxygen atoms in total. The second kappa shape index (κ2) is 5.61. The molecule has 0 radical (unpaired) electrons. The number of benzene rings is 1. The van der Waals surface area contributed by atoms with Gasteiger partial charge in [-0.2, -0.15) is 0 Å². The molecule has 1 rings (SSSR count). The molecule has 0 aromatic heterocycles. The lowest BCUT2D eigenvalue weighted by Crippen LogP contribution is -2.04. The lowest BCUT2D eigenvalue weighted by molar-refractivity contribution is 0.146. The second-order valence-electron chi connectivity index (χ2n) is 3.97. The summed E-state index contributed by atoms with van der Waals surface area (Å²) in [5, 5.41) is 9.88. The largest absolute Gasteiger partial charge is 0.388 e. The summed E-state index contributed by atoms with van der Waals surface area (Å²) in [5.74, 6) is 0.129. The Morgan fingerprint density at radius 1 is 1.40 bits per heavy atom. The Kier molecular flexibility index (Phi) is 4.74. The third-order valence-electron chi connectivity index (χ3n) is 2.59. The first-order chi connectivity index (χ1) is 7.02. The Morgan fingerprint density at radius 3 is 2.60 bits per heavy atom. The third kappa shape index (κ3) is 3.92. The van der Waals surface area contributed by atoms with Crippen molar-refractivity contribution in [2.75, 3.05) is 0 Å². The molecule has 0 bridgehead atoms. The summed E-state index contributed by atoms with van der Waals surface area (Å²) in [6.07, 6.45) is 1.12. The Labute approximate surface area is 98.4 Å². The van der Waals surface area contributed by atoms with Gasteiger partial charge in [-0.1, -0.05) is 36.2 Å². The smallest absolute Gasteiger partial charge is 0.124 e. The minimum Gasteiger partial charge on any atom is -0.388 e.